The maximum atomic E-state index is 12.3. The van der Waals surface area contributed by atoms with Crippen molar-refractivity contribution in [1.29, 1.82) is 0 Å². The molecule has 26 heavy (non-hydrogen) atoms. The molecule has 0 spiro atoms. The van der Waals surface area contributed by atoms with Gasteiger partial charge in [0, 0.05) is 44.0 Å². The number of amides is 3. The Hall–Kier alpha value is -2.44. The summed E-state index contributed by atoms with van der Waals surface area (Å²) in [6, 6.07) is 10.4. The molecule has 142 valence electrons. The summed E-state index contributed by atoms with van der Waals surface area (Å²) in [5.74, 6) is 0. The zero-order valence-corrected chi connectivity index (χ0v) is 15.3. The number of likely N-dealkylation sites (tertiary alicyclic amines) is 1. The monoisotopic (exact) mass is 360 g/mol. The Morgan fingerprint density at radius 1 is 1.04 bits per heavy atom. The predicted octanol–water partition coefficient (Wildman–Crippen LogP) is 2.19. The summed E-state index contributed by atoms with van der Waals surface area (Å²) < 4.78 is 5.02. The van der Waals surface area contributed by atoms with E-state index in [1.54, 1.807) is 11.8 Å². The van der Waals surface area contributed by atoms with Crippen molar-refractivity contribution in [2.24, 2.45) is 0 Å². The lowest BCUT2D eigenvalue weighted by atomic mass is 10.1. The molecule has 7 heteroatoms. The van der Waals surface area contributed by atoms with Crippen LogP contribution in [-0.2, 0) is 4.74 Å². The fourth-order valence-electron chi connectivity index (χ4n) is 3.59. The summed E-state index contributed by atoms with van der Waals surface area (Å²) in [6.07, 6.45) is 2.20. The van der Waals surface area contributed by atoms with E-state index in [1.807, 2.05) is 18.2 Å². The van der Waals surface area contributed by atoms with Crippen molar-refractivity contribution >= 4 is 17.8 Å². The smallest absolute Gasteiger partial charge is 0.409 e. The van der Waals surface area contributed by atoms with E-state index in [0.717, 1.165) is 32.4 Å². The lowest BCUT2D eigenvalue weighted by Gasteiger charge is -2.31. The number of carbonyl (C=O) groups excluding carboxylic acids is 2. The third kappa shape index (κ3) is 4.80. The molecule has 0 aliphatic carbocycles. The summed E-state index contributed by atoms with van der Waals surface area (Å²) in [6.45, 7) is 5.22. The number of anilines is 1. The number of hydrogen-bond acceptors (Lipinski definition) is 4. The lowest BCUT2D eigenvalue weighted by molar-refractivity contribution is 0.0957. The highest BCUT2D eigenvalue weighted by Crippen LogP contribution is 2.19. The predicted molar refractivity (Wildman–Crippen MR) is 100 cm³/mol. The van der Waals surface area contributed by atoms with Gasteiger partial charge >= 0.3 is 12.1 Å². The molecule has 3 amide bonds. The molecule has 0 saturated carbocycles. The van der Waals surface area contributed by atoms with E-state index in [4.69, 9.17) is 4.74 Å². The second-order valence-corrected chi connectivity index (χ2v) is 6.85. The van der Waals surface area contributed by atoms with Crippen LogP contribution in [0, 0.1) is 0 Å². The van der Waals surface area contributed by atoms with Gasteiger partial charge in [0.2, 0.25) is 0 Å². The standard InChI is InChI=1S/C19H28N4O3/c1-2-26-19(25)22-11-8-15(9-12-22)20-18(24)21-16-10-13-23(14-16)17-6-4-3-5-7-17/h3-7,15-16H,2,8-14H2,1H3,(H2,20,21,24). The zero-order chi connectivity index (χ0) is 18.4. The molecule has 0 bridgehead atoms. The number of ether oxygens (including phenoxy) is 1. The minimum absolute atomic E-state index is 0.104. The summed E-state index contributed by atoms with van der Waals surface area (Å²) in [5.41, 5.74) is 1.20. The van der Waals surface area contributed by atoms with Gasteiger partial charge in [-0.15, -0.1) is 0 Å². The average Bonchev–Trinajstić information content (AvgIpc) is 3.11. The first-order valence-electron chi connectivity index (χ1n) is 9.44. The van der Waals surface area contributed by atoms with Crippen molar-refractivity contribution in [2.75, 3.05) is 37.7 Å². The third-order valence-corrected chi connectivity index (χ3v) is 5.00. The zero-order valence-electron chi connectivity index (χ0n) is 15.3. The van der Waals surface area contributed by atoms with Crippen molar-refractivity contribution in [3.8, 4) is 0 Å². The highest BCUT2D eigenvalue weighted by Gasteiger charge is 2.27. The number of rotatable bonds is 4. The van der Waals surface area contributed by atoms with Crippen molar-refractivity contribution in [1.82, 2.24) is 15.5 Å². The maximum Gasteiger partial charge on any atom is 0.409 e. The number of carbonyl (C=O) groups is 2. The van der Waals surface area contributed by atoms with Crippen LogP contribution >= 0.6 is 0 Å². The highest BCUT2D eigenvalue weighted by molar-refractivity contribution is 5.75. The molecule has 1 aromatic carbocycles. The second kappa shape index (κ2) is 8.78. The Labute approximate surface area is 154 Å². The van der Waals surface area contributed by atoms with Crippen molar-refractivity contribution in [3.05, 3.63) is 30.3 Å². The molecule has 2 N–H and O–H groups in total. The Kier molecular flexibility index (Phi) is 6.20. The van der Waals surface area contributed by atoms with E-state index in [0.29, 0.717) is 19.7 Å². The molecule has 1 aromatic rings. The molecule has 2 saturated heterocycles. The van der Waals surface area contributed by atoms with E-state index in [1.165, 1.54) is 5.69 Å². The van der Waals surface area contributed by atoms with Gasteiger partial charge in [-0.1, -0.05) is 18.2 Å². The fourth-order valence-corrected chi connectivity index (χ4v) is 3.59. The summed E-state index contributed by atoms with van der Waals surface area (Å²) >= 11 is 0. The molecule has 1 unspecified atom stereocenters. The molecular formula is C19H28N4O3. The number of para-hydroxylation sites is 1. The molecule has 0 radical (unpaired) electrons. The van der Waals surface area contributed by atoms with Crippen LogP contribution in [0.1, 0.15) is 26.2 Å². The molecule has 2 fully saturated rings. The fraction of sp³-hybridized carbons (Fsp3) is 0.579. The molecule has 0 aromatic heterocycles. The minimum Gasteiger partial charge on any atom is -0.450 e. The van der Waals surface area contributed by atoms with Gasteiger partial charge in [0.15, 0.2) is 0 Å². The van der Waals surface area contributed by atoms with Gasteiger partial charge in [-0.3, -0.25) is 0 Å². The van der Waals surface area contributed by atoms with Crippen LogP contribution in [0.5, 0.6) is 0 Å². The van der Waals surface area contributed by atoms with Crippen LogP contribution in [0.2, 0.25) is 0 Å². The van der Waals surface area contributed by atoms with Crippen LogP contribution in [0.4, 0.5) is 15.3 Å². The lowest BCUT2D eigenvalue weighted by Crippen LogP contribution is -2.51. The van der Waals surface area contributed by atoms with Gasteiger partial charge in [-0.2, -0.15) is 0 Å². The van der Waals surface area contributed by atoms with Crippen LogP contribution < -0.4 is 15.5 Å². The van der Waals surface area contributed by atoms with Gasteiger partial charge in [-0.25, -0.2) is 9.59 Å². The van der Waals surface area contributed by atoms with Gasteiger partial charge in [0.1, 0.15) is 0 Å². The quantitative estimate of drug-likeness (QED) is 0.863. The summed E-state index contributed by atoms with van der Waals surface area (Å²) in [7, 11) is 0. The van der Waals surface area contributed by atoms with Gasteiger partial charge < -0.3 is 25.2 Å². The Bertz CT molecular complexity index is 602. The Balaban J connectivity index is 1.38. The SMILES string of the molecule is CCOC(=O)N1CCC(NC(=O)NC2CCN(c3ccccc3)C2)CC1. The number of piperidine rings is 1. The Morgan fingerprint density at radius 3 is 2.38 bits per heavy atom. The van der Waals surface area contributed by atoms with Crippen LogP contribution in [0.3, 0.4) is 0 Å². The number of hydrogen-bond donors (Lipinski definition) is 2. The topological polar surface area (TPSA) is 73.9 Å². The van der Waals surface area contributed by atoms with Crippen molar-refractivity contribution in [3.63, 3.8) is 0 Å². The first-order valence-corrected chi connectivity index (χ1v) is 9.44. The number of nitrogens with zero attached hydrogens (tertiary/aromatic N) is 2. The maximum absolute atomic E-state index is 12.3. The van der Waals surface area contributed by atoms with Crippen molar-refractivity contribution in [2.45, 2.75) is 38.3 Å². The van der Waals surface area contributed by atoms with E-state index >= 15 is 0 Å². The van der Waals surface area contributed by atoms with Crippen LogP contribution in [0.15, 0.2) is 30.3 Å². The van der Waals surface area contributed by atoms with Gasteiger partial charge in [0.05, 0.1) is 6.61 Å². The normalized spacial score (nSPS) is 20.7. The van der Waals surface area contributed by atoms with Crippen molar-refractivity contribution < 1.29 is 14.3 Å². The number of nitrogens with one attached hydrogen (secondary N) is 2. The molecular weight excluding hydrogens is 332 g/mol. The van der Waals surface area contributed by atoms with E-state index in [9.17, 15) is 9.59 Å². The van der Waals surface area contributed by atoms with Gasteiger partial charge in [0.25, 0.3) is 0 Å². The number of urea groups is 1. The summed E-state index contributed by atoms with van der Waals surface area (Å²) in [4.78, 5) is 28.0. The molecule has 1 atom stereocenters. The first-order chi connectivity index (χ1) is 12.7. The molecule has 7 nitrogen and oxygen atoms in total. The van der Waals surface area contributed by atoms with E-state index in [2.05, 4.69) is 27.7 Å². The van der Waals surface area contributed by atoms with E-state index < -0.39 is 0 Å². The molecule has 2 aliphatic heterocycles. The average molecular weight is 360 g/mol. The number of benzene rings is 1. The first kappa shape index (κ1) is 18.4. The second-order valence-electron chi connectivity index (χ2n) is 6.85. The minimum atomic E-state index is -0.262. The largest absolute Gasteiger partial charge is 0.450 e. The highest BCUT2D eigenvalue weighted by atomic mass is 16.6. The molecule has 2 heterocycles. The van der Waals surface area contributed by atoms with Gasteiger partial charge in [-0.05, 0) is 38.3 Å². The van der Waals surface area contributed by atoms with Crippen LogP contribution in [-0.4, -0.2) is 61.9 Å². The summed E-state index contributed by atoms with van der Waals surface area (Å²) in [5, 5.41) is 6.13. The van der Waals surface area contributed by atoms with Crippen LogP contribution in [0.25, 0.3) is 0 Å². The Morgan fingerprint density at radius 2 is 1.69 bits per heavy atom. The third-order valence-electron chi connectivity index (χ3n) is 5.00. The van der Waals surface area contributed by atoms with E-state index in [-0.39, 0.29) is 24.2 Å². The molecule has 3 rings (SSSR count). The molecule has 2 aliphatic rings.